The fourth-order valence-electron chi connectivity index (χ4n) is 2.66. The predicted octanol–water partition coefficient (Wildman–Crippen LogP) is 3.14. The lowest BCUT2D eigenvalue weighted by molar-refractivity contribution is -0.137. The van der Waals surface area contributed by atoms with Gasteiger partial charge in [0, 0.05) is 18.8 Å². The molecule has 1 saturated heterocycles. The van der Waals surface area contributed by atoms with Crippen LogP contribution in [0.2, 0.25) is 0 Å². The smallest absolute Gasteiger partial charge is 0.371 e. The Hall–Kier alpha value is -1.23. The summed E-state index contributed by atoms with van der Waals surface area (Å²) in [7, 11) is 1.91. The first-order valence-electron chi connectivity index (χ1n) is 6.58. The maximum Gasteiger partial charge on any atom is 0.418 e. The van der Waals surface area contributed by atoms with Crippen LogP contribution >= 0.6 is 0 Å². The van der Waals surface area contributed by atoms with E-state index in [2.05, 4.69) is 5.32 Å². The average Bonchev–Trinajstić information content (AvgIpc) is 2.39. The molecular formula is C14H19F3N2. The van der Waals surface area contributed by atoms with E-state index in [4.69, 9.17) is 0 Å². The number of para-hydroxylation sites is 1. The van der Waals surface area contributed by atoms with E-state index >= 15 is 0 Å². The molecule has 106 valence electrons. The fraction of sp³-hybridized carbons (Fsp3) is 0.571. The van der Waals surface area contributed by atoms with E-state index in [0.717, 1.165) is 25.5 Å². The van der Waals surface area contributed by atoms with Gasteiger partial charge in [0.2, 0.25) is 0 Å². The Balaban J connectivity index is 2.12. The lowest BCUT2D eigenvalue weighted by atomic mass is 9.96. The number of rotatable bonds is 3. The second kappa shape index (κ2) is 5.82. The third-order valence-electron chi connectivity index (χ3n) is 3.66. The summed E-state index contributed by atoms with van der Waals surface area (Å²) in [4.78, 5) is 1.86. The van der Waals surface area contributed by atoms with Gasteiger partial charge in [-0.1, -0.05) is 12.1 Å². The molecule has 2 nitrogen and oxygen atoms in total. The summed E-state index contributed by atoms with van der Waals surface area (Å²) in [6.45, 7) is 2.33. The van der Waals surface area contributed by atoms with Crippen molar-refractivity contribution in [2.75, 3.05) is 31.6 Å². The van der Waals surface area contributed by atoms with Crippen molar-refractivity contribution < 1.29 is 13.2 Å². The maximum absolute atomic E-state index is 13.0. The van der Waals surface area contributed by atoms with E-state index in [1.807, 2.05) is 11.9 Å². The minimum Gasteiger partial charge on any atom is -0.371 e. The van der Waals surface area contributed by atoms with E-state index < -0.39 is 11.7 Å². The van der Waals surface area contributed by atoms with Crippen LogP contribution in [0.4, 0.5) is 18.9 Å². The zero-order valence-corrected chi connectivity index (χ0v) is 11.0. The number of benzene rings is 1. The summed E-state index contributed by atoms with van der Waals surface area (Å²) in [5.74, 6) is 0.569. The van der Waals surface area contributed by atoms with Crippen LogP contribution in [0, 0.1) is 5.92 Å². The summed E-state index contributed by atoms with van der Waals surface area (Å²) < 4.78 is 38.9. The lowest BCUT2D eigenvalue weighted by Gasteiger charge is -2.35. The topological polar surface area (TPSA) is 15.3 Å². The Morgan fingerprint density at radius 3 is 2.42 bits per heavy atom. The maximum atomic E-state index is 13.0. The molecule has 0 amide bonds. The van der Waals surface area contributed by atoms with Crippen LogP contribution in [0.1, 0.15) is 18.4 Å². The second-order valence-electron chi connectivity index (χ2n) is 5.00. The van der Waals surface area contributed by atoms with Crippen LogP contribution < -0.4 is 10.2 Å². The van der Waals surface area contributed by atoms with E-state index in [1.165, 1.54) is 6.07 Å². The van der Waals surface area contributed by atoms with Gasteiger partial charge in [-0.2, -0.15) is 13.2 Å². The van der Waals surface area contributed by atoms with Crippen molar-refractivity contribution in [1.82, 2.24) is 5.32 Å². The molecule has 0 aromatic heterocycles. The molecule has 1 aliphatic heterocycles. The van der Waals surface area contributed by atoms with Crippen LogP contribution in [0.25, 0.3) is 0 Å². The molecule has 19 heavy (non-hydrogen) atoms. The van der Waals surface area contributed by atoms with Crippen LogP contribution in [0.5, 0.6) is 0 Å². The molecule has 0 bridgehead atoms. The molecule has 1 aliphatic rings. The van der Waals surface area contributed by atoms with Crippen molar-refractivity contribution in [3.05, 3.63) is 29.8 Å². The summed E-state index contributed by atoms with van der Waals surface area (Å²) in [5.41, 5.74) is -0.208. The number of anilines is 1. The van der Waals surface area contributed by atoms with Crippen molar-refractivity contribution in [3.8, 4) is 0 Å². The van der Waals surface area contributed by atoms with E-state index in [0.29, 0.717) is 24.7 Å². The first kappa shape index (κ1) is 14.2. The van der Waals surface area contributed by atoms with Gasteiger partial charge >= 0.3 is 6.18 Å². The van der Waals surface area contributed by atoms with Crippen molar-refractivity contribution >= 4 is 5.69 Å². The van der Waals surface area contributed by atoms with Crippen LogP contribution in [0.15, 0.2) is 24.3 Å². The molecule has 0 unspecified atom stereocenters. The molecule has 1 fully saturated rings. The van der Waals surface area contributed by atoms with Crippen LogP contribution in [-0.2, 0) is 6.18 Å². The molecule has 1 aromatic carbocycles. The van der Waals surface area contributed by atoms with Gasteiger partial charge in [0.25, 0.3) is 0 Å². The molecular weight excluding hydrogens is 253 g/mol. The molecule has 1 N–H and O–H groups in total. The van der Waals surface area contributed by atoms with Gasteiger partial charge in [-0.15, -0.1) is 0 Å². The number of hydrogen-bond acceptors (Lipinski definition) is 2. The van der Waals surface area contributed by atoms with Crippen molar-refractivity contribution in [3.63, 3.8) is 0 Å². The van der Waals surface area contributed by atoms with Gasteiger partial charge in [-0.25, -0.2) is 0 Å². The Bertz CT molecular complexity index is 409. The molecule has 0 atom stereocenters. The summed E-state index contributed by atoms with van der Waals surface area (Å²) in [6.07, 6.45) is -2.40. The minimum absolute atomic E-state index is 0.318. The summed E-state index contributed by atoms with van der Waals surface area (Å²) in [5, 5.41) is 3.13. The first-order valence-corrected chi connectivity index (χ1v) is 6.58. The third kappa shape index (κ3) is 3.41. The van der Waals surface area contributed by atoms with Crippen molar-refractivity contribution in [1.29, 1.82) is 0 Å². The van der Waals surface area contributed by atoms with Crippen LogP contribution in [0.3, 0.4) is 0 Å². The Labute approximate surface area is 111 Å². The van der Waals surface area contributed by atoms with Gasteiger partial charge in [-0.3, -0.25) is 0 Å². The predicted molar refractivity (Wildman–Crippen MR) is 70.3 cm³/mol. The Morgan fingerprint density at radius 2 is 1.84 bits per heavy atom. The third-order valence-corrected chi connectivity index (χ3v) is 3.66. The highest BCUT2D eigenvalue weighted by atomic mass is 19.4. The highest BCUT2D eigenvalue weighted by molar-refractivity contribution is 5.55. The number of halogens is 3. The zero-order valence-electron chi connectivity index (χ0n) is 11.0. The number of nitrogens with one attached hydrogen (secondary N) is 1. The fourth-order valence-corrected chi connectivity index (χ4v) is 2.66. The monoisotopic (exact) mass is 272 g/mol. The highest BCUT2D eigenvalue weighted by Gasteiger charge is 2.35. The molecule has 0 spiro atoms. The van der Waals surface area contributed by atoms with Crippen molar-refractivity contribution in [2.45, 2.75) is 19.0 Å². The molecule has 1 heterocycles. The number of nitrogens with zero attached hydrogens (tertiary/aromatic N) is 1. The second-order valence-corrected chi connectivity index (χ2v) is 5.00. The quantitative estimate of drug-likeness (QED) is 0.909. The molecule has 0 saturated carbocycles. The van der Waals surface area contributed by atoms with E-state index in [9.17, 15) is 13.2 Å². The summed E-state index contributed by atoms with van der Waals surface area (Å²) in [6, 6.07) is 5.85. The van der Waals surface area contributed by atoms with E-state index in [-0.39, 0.29) is 0 Å². The van der Waals surface area contributed by atoms with Crippen molar-refractivity contribution in [2.24, 2.45) is 5.92 Å². The SMILES string of the molecule is CNCC1CCN(c2ccccc2C(F)(F)F)CC1. The normalized spacial score (nSPS) is 17.8. The molecule has 5 heteroatoms. The lowest BCUT2D eigenvalue weighted by Crippen LogP contribution is -2.37. The molecule has 1 aromatic rings. The van der Waals surface area contributed by atoms with E-state index in [1.54, 1.807) is 12.1 Å². The standard InChI is InChI=1S/C14H19F3N2/c1-18-10-11-6-8-19(9-7-11)13-5-3-2-4-12(13)14(15,16)17/h2-5,11,18H,6-10H2,1H3. The Kier molecular flexibility index (Phi) is 4.34. The molecule has 2 rings (SSSR count). The first-order chi connectivity index (χ1) is 9.02. The minimum atomic E-state index is -4.28. The largest absolute Gasteiger partial charge is 0.418 e. The van der Waals surface area contributed by atoms with Gasteiger partial charge < -0.3 is 10.2 Å². The van der Waals surface area contributed by atoms with Crippen LogP contribution in [-0.4, -0.2) is 26.7 Å². The van der Waals surface area contributed by atoms with Gasteiger partial charge in [0.15, 0.2) is 0 Å². The molecule has 0 aliphatic carbocycles. The average molecular weight is 272 g/mol. The van der Waals surface area contributed by atoms with Gasteiger partial charge in [-0.05, 0) is 44.5 Å². The zero-order chi connectivity index (χ0) is 13.9. The van der Waals surface area contributed by atoms with Gasteiger partial charge in [0.05, 0.1) is 5.56 Å². The van der Waals surface area contributed by atoms with Gasteiger partial charge in [0.1, 0.15) is 0 Å². The molecule has 0 radical (unpaired) electrons. The number of hydrogen-bond donors (Lipinski definition) is 1. The number of alkyl halides is 3. The Morgan fingerprint density at radius 1 is 1.21 bits per heavy atom. The summed E-state index contributed by atoms with van der Waals surface area (Å²) >= 11 is 0. The highest BCUT2D eigenvalue weighted by Crippen LogP contribution is 2.37. The number of piperidine rings is 1.